The molecule has 0 saturated heterocycles. The van der Waals surface area contributed by atoms with Gasteiger partial charge in [0.1, 0.15) is 0 Å². The monoisotopic (exact) mass is 487 g/mol. The van der Waals surface area contributed by atoms with Crippen molar-refractivity contribution >= 4 is 43.0 Å². The summed E-state index contributed by atoms with van der Waals surface area (Å²) in [6.07, 6.45) is 1.03. The summed E-state index contributed by atoms with van der Waals surface area (Å²) in [5, 5.41) is 2.68. The minimum atomic E-state index is -3.80. The van der Waals surface area contributed by atoms with Crippen molar-refractivity contribution in [1.82, 2.24) is 0 Å². The van der Waals surface area contributed by atoms with Crippen LogP contribution in [0.5, 0.6) is 0 Å². The molecule has 3 N–H and O–H groups in total. The van der Waals surface area contributed by atoms with Crippen molar-refractivity contribution in [3.63, 3.8) is 0 Å². The molecular weight excluding hydrogens is 462 g/mol. The first kappa shape index (κ1) is 24.3. The van der Waals surface area contributed by atoms with E-state index in [0.29, 0.717) is 22.6 Å². The lowest BCUT2D eigenvalue weighted by Gasteiger charge is -2.12. The van der Waals surface area contributed by atoms with Crippen molar-refractivity contribution in [1.29, 1.82) is 0 Å². The second-order valence-electron chi connectivity index (χ2n) is 7.79. The Morgan fingerprint density at radius 1 is 0.697 bits per heavy atom. The highest BCUT2D eigenvalue weighted by molar-refractivity contribution is 7.92. The molecule has 10 heteroatoms. The van der Waals surface area contributed by atoms with Crippen LogP contribution in [-0.4, -0.2) is 29.0 Å². The van der Waals surface area contributed by atoms with Crippen LogP contribution in [0.2, 0.25) is 0 Å². The maximum atomic E-state index is 12.7. The van der Waals surface area contributed by atoms with Gasteiger partial charge in [-0.15, -0.1) is 0 Å². The summed E-state index contributed by atoms with van der Waals surface area (Å²) in [6, 6.07) is 15.7. The Kier molecular flexibility index (Phi) is 6.80. The average Bonchev–Trinajstić information content (AvgIpc) is 2.71. The molecule has 0 aliphatic carbocycles. The third-order valence-corrected chi connectivity index (χ3v) is 6.96. The summed E-state index contributed by atoms with van der Waals surface area (Å²) in [4.78, 5) is 12.7. The number of aryl methyl sites for hydroxylation is 3. The molecule has 3 rings (SSSR count). The second-order valence-corrected chi connectivity index (χ2v) is 11.2. The zero-order chi connectivity index (χ0) is 24.4. The number of rotatable bonds is 7. The van der Waals surface area contributed by atoms with Crippen LogP contribution in [0, 0.1) is 20.8 Å². The first-order chi connectivity index (χ1) is 15.3. The van der Waals surface area contributed by atoms with Crippen molar-refractivity contribution < 1.29 is 21.6 Å². The molecule has 8 nitrogen and oxygen atoms in total. The molecule has 0 saturated carbocycles. The van der Waals surface area contributed by atoms with Crippen LogP contribution in [0.25, 0.3) is 0 Å². The van der Waals surface area contributed by atoms with Gasteiger partial charge in [0.2, 0.25) is 10.0 Å². The van der Waals surface area contributed by atoms with E-state index in [-0.39, 0.29) is 10.5 Å². The third kappa shape index (κ3) is 6.33. The van der Waals surface area contributed by atoms with Crippen LogP contribution >= 0.6 is 0 Å². The summed E-state index contributed by atoms with van der Waals surface area (Å²) in [6.45, 7) is 5.57. The zero-order valence-electron chi connectivity index (χ0n) is 18.6. The van der Waals surface area contributed by atoms with E-state index in [0.717, 1.165) is 17.4 Å². The Morgan fingerprint density at radius 2 is 1.30 bits per heavy atom. The van der Waals surface area contributed by atoms with Gasteiger partial charge in [0.25, 0.3) is 15.9 Å². The molecule has 0 atom stereocenters. The van der Waals surface area contributed by atoms with Crippen LogP contribution < -0.4 is 14.8 Å². The van der Waals surface area contributed by atoms with E-state index >= 15 is 0 Å². The highest BCUT2D eigenvalue weighted by atomic mass is 32.2. The molecule has 33 heavy (non-hydrogen) atoms. The van der Waals surface area contributed by atoms with E-state index in [2.05, 4.69) is 14.8 Å². The molecule has 1 amide bonds. The van der Waals surface area contributed by atoms with E-state index in [4.69, 9.17) is 0 Å². The van der Waals surface area contributed by atoms with Crippen molar-refractivity contribution in [2.24, 2.45) is 0 Å². The fourth-order valence-corrected chi connectivity index (χ4v) is 4.68. The quantitative estimate of drug-likeness (QED) is 0.464. The van der Waals surface area contributed by atoms with Gasteiger partial charge < -0.3 is 5.32 Å². The van der Waals surface area contributed by atoms with E-state index in [9.17, 15) is 21.6 Å². The van der Waals surface area contributed by atoms with E-state index in [1.54, 1.807) is 31.2 Å². The van der Waals surface area contributed by atoms with Gasteiger partial charge in [0.15, 0.2) is 0 Å². The van der Waals surface area contributed by atoms with Gasteiger partial charge in [0.05, 0.1) is 16.8 Å². The fourth-order valence-electron chi connectivity index (χ4n) is 3.01. The van der Waals surface area contributed by atoms with Gasteiger partial charge in [-0.2, -0.15) is 0 Å². The predicted octanol–water partition coefficient (Wildman–Crippen LogP) is 4.04. The Balaban J connectivity index is 1.74. The summed E-state index contributed by atoms with van der Waals surface area (Å²) in [5.74, 6) is -0.463. The number of hydrogen-bond acceptors (Lipinski definition) is 5. The maximum absolute atomic E-state index is 12.7. The molecule has 0 bridgehead atoms. The van der Waals surface area contributed by atoms with Gasteiger partial charge >= 0.3 is 0 Å². The number of anilines is 3. The predicted molar refractivity (Wildman–Crippen MR) is 131 cm³/mol. The fraction of sp³-hybridized carbons (Fsp3) is 0.174. The van der Waals surface area contributed by atoms with Crippen LogP contribution in [0.1, 0.15) is 27.0 Å². The lowest BCUT2D eigenvalue weighted by atomic mass is 10.1. The van der Waals surface area contributed by atoms with Gasteiger partial charge in [-0.1, -0.05) is 12.1 Å². The number of amides is 1. The van der Waals surface area contributed by atoms with Gasteiger partial charge in [0, 0.05) is 16.9 Å². The molecule has 0 fully saturated rings. The first-order valence-corrected chi connectivity index (χ1v) is 13.3. The molecule has 0 radical (unpaired) electrons. The number of carbonyl (C=O) groups is 1. The molecule has 3 aromatic carbocycles. The van der Waals surface area contributed by atoms with E-state index < -0.39 is 26.0 Å². The van der Waals surface area contributed by atoms with E-state index in [1.165, 1.54) is 30.3 Å². The summed E-state index contributed by atoms with van der Waals surface area (Å²) in [5.41, 5.74) is 4.12. The highest BCUT2D eigenvalue weighted by Crippen LogP contribution is 2.22. The minimum Gasteiger partial charge on any atom is -0.322 e. The standard InChI is InChI=1S/C23H25N3O5S2/c1-15-6-8-20(13-17(15)3)25-33(30,31)21-11-9-19(10-12-21)24-23(27)18-7-5-16(2)22(14-18)26-32(4,28)29/h5-14,25-26H,1-4H3,(H,24,27). The molecule has 0 aliphatic heterocycles. The van der Waals surface area contributed by atoms with Crippen molar-refractivity contribution in [3.05, 3.63) is 82.9 Å². The van der Waals surface area contributed by atoms with Gasteiger partial charge in [-0.05, 0) is 86.0 Å². The molecule has 0 spiro atoms. The number of benzene rings is 3. The number of carbonyl (C=O) groups excluding carboxylic acids is 1. The molecule has 0 aliphatic rings. The SMILES string of the molecule is Cc1ccc(NS(=O)(=O)c2ccc(NC(=O)c3ccc(C)c(NS(C)(=O)=O)c3)cc2)cc1C. The average molecular weight is 488 g/mol. The number of nitrogens with one attached hydrogen (secondary N) is 3. The first-order valence-electron chi connectivity index (χ1n) is 9.94. The van der Waals surface area contributed by atoms with Crippen molar-refractivity contribution in [3.8, 4) is 0 Å². The Labute approximate surface area is 194 Å². The molecule has 174 valence electrons. The molecular formula is C23H25N3O5S2. The lowest BCUT2D eigenvalue weighted by Crippen LogP contribution is -2.15. The molecule has 3 aromatic rings. The van der Waals surface area contributed by atoms with Crippen LogP contribution in [0.15, 0.2) is 65.6 Å². The Hall–Kier alpha value is -3.37. The molecule has 0 unspecified atom stereocenters. The van der Waals surface area contributed by atoms with Crippen molar-refractivity contribution in [2.45, 2.75) is 25.7 Å². The Morgan fingerprint density at radius 3 is 1.91 bits per heavy atom. The Bertz CT molecular complexity index is 1410. The smallest absolute Gasteiger partial charge is 0.261 e. The lowest BCUT2D eigenvalue weighted by molar-refractivity contribution is 0.102. The van der Waals surface area contributed by atoms with Gasteiger partial charge in [-0.3, -0.25) is 14.2 Å². The van der Waals surface area contributed by atoms with Crippen LogP contribution in [0.4, 0.5) is 17.1 Å². The summed E-state index contributed by atoms with van der Waals surface area (Å²) >= 11 is 0. The normalized spacial score (nSPS) is 11.6. The second kappa shape index (κ2) is 9.24. The summed E-state index contributed by atoms with van der Waals surface area (Å²) in [7, 11) is -7.29. The largest absolute Gasteiger partial charge is 0.322 e. The van der Waals surface area contributed by atoms with Gasteiger partial charge in [-0.25, -0.2) is 16.8 Å². The van der Waals surface area contributed by atoms with E-state index in [1.807, 2.05) is 19.9 Å². The zero-order valence-corrected chi connectivity index (χ0v) is 20.3. The van der Waals surface area contributed by atoms with Crippen LogP contribution in [-0.2, 0) is 20.0 Å². The molecule has 0 aromatic heterocycles. The third-order valence-electron chi connectivity index (χ3n) is 4.98. The number of sulfonamides is 2. The van der Waals surface area contributed by atoms with Crippen LogP contribution in [0.3, 0.4) is 0 Å². The number of hydrogen-bond donors (Lipinski definition) is 3. The summed E-state index contributed by atoms with van der Waals surface area (Å²) < 4.78 is 53.3. The minimum absolute atomic E-state index is 0.0497. The molecule has 0 heterocycles. The topological polar surface area (TPSA) is 121 Å². The highest BCUT2D eigenvalue weighted by Gasteiger charge is 2.16. The van der Waals surface area contributed by atoms with Crippen molar-refractivity contribution in [2.75, 3.05) is 21.0 Å². The maximum Gasteiger partial charge on any atom is 0.261 e.